The number of esters is 1. The summed E-state index contributed by atoms with van der Waals surface area (Å²) in [6, 6.07) is 18.5. The number of aromatic amines is 1. The van der Waals surface area contributed by atoms with E-state index in [1.807, 2.05) is 60.8 Å². The zero-order valence-corrected chi connectivity index (χ0v) is 15.5. The third-order valence-electron chi connectivity index (χ3n) is 4.47. The molecule has 5 heteroatoms. The Labute approximate surface area is 160 Å². The van der Waals surface area contributed by atoms with Crippen molar-refractivity contribution in [2.24, 2.45) is 0 Å². The lowest BCUT2D eigenvalue weighted by Crippen LogP contribution is -2.20. The smallest absolute Gasteiger partial charge is 0.349 e. The number of benzene rings is 2. The summed E-state index contributed by atoms with van der Waals surface area (Å²) in [6.45, 7) is 1.85. The van der Waals surface area contributed by atoms with E-state index in [1.54, 1.807) is 18.3 Å². The first-order chi connectivity index (χ1) is 13.1. The molecule has 1 N–H and O–H groups in total. The number of para-hydroxylation sites is 1. The van der Waals surface area contributed by atoms with Gasteiger partial charge in [0.15, 0.2) is 6.10 Å². The molecule has 4 rings (SSSR count). The zero-order valence-electron chi connectivity index (χ0n) is 14.6. The molecule has 2 aromatic heterocycles. The molecule has 0 bridgehead atoms. The molecule has 0 fully saturated rings. The second kappa shape index (κ2) is 7.21. The van der Waals surface area contributed by atoms with E-state index in [0.717, 1.165) is 16.5 Å². The molecule has 134 valence electrons. The van der Waals surface area contributed by atoms with Gasteiger partial charge in [0, 0.05) is 28.2 Å². The largest absolute Gasteiger partial charge is 0.445 e. The first-order valence-electron chi connectivity index (χ1n) is 8.55. The van der Waals surface area contributed by atoms with Crippen molar-refractivity contribution in [3.8, 4) is 0 Å². The van der Waals surface area contributed by atoms with E-state index in [4.69, 9.17) is 4.74 Å². The first-order valence-corrected chi connectivity index (χ1v) is 9.43. The van der Waals surface area contributed by atoms with Gasteiger partial charge in [0.2, 0.25) is 5.78 Å². The van der Waals surface area contributed by atoms with Crippen molar-refractivity contribution in [2.75, 3.05) is 0 Å². The molecule has 0 aliphatic heterocycles. The molecule has 0 radical (unpaired) electrons. The van der Waals surface area contributed by atoms with E-state index in [2.05, 4.69) is 4.98 Å². The Balaban J connectivity index is 1.73. The second-order valence-corrected chi connectivity index (χ2v) is 7.16. The third-order valence-corrected chi connectivity index (χ3v) is 5.46. The van der Waals surface area contributed by atoms with Crippen molar-refractivity contribution in [1.29, 1.82) is 0 Å². The van der Waals surface area contributed by atoms with Gasteiger partial charge in [-0.3, -0.25) is 4.79 Å². The van der Waals surface area contributed by atoms with Crippen LogP contribution in [0, 0.1) is 6.92 Å². The molecule has 0 aliphatic carbocycles. The maximum atomic E-state index is 13.3. The fourth-order valence-electron chi connectivity index (χ4n) is 3.06. The molecule has 1 unspecified atom stereocenters. The summed E-state index contributed by atoms with van der Waals surface area (Å²) in [4.78, 5) is 29.6. The lowest BCUT2D eigenvalue weighted by Gasteiger charge is -2.17. The summed E-state index contributed by atoms with van der Waals surface area (Å²) in [6.07, 6.45) is 0.673. The Bertz CT molecular complexity index is 1110. The van der Waals surface area contributed by atoms with Crippen molar-refractivity contribution in [3.63, 3.8) is 0 Å². The van der Waals surface area contributed by atoms with Gasteiger partial charge in [-0.25, -0.2) is 4.79 Å². The van der Waals surface area contributed by atoms with Crippen LogP contribution in [0.4, 0.5) is 0 Å². The van der Waals surface area contributed by atoms with Crippen molar-refractivity contribution >= 4 is 34.0 Å². The SMILES string of the molecule is Cc1ccsc1C(=O)OC(C(=O)c1c[nH]c2ccccc12)c1ccccc1. The highest BCUT2D eigenvalue weighted by Gasteiger charge is 2.29. The van der Waals surface area contributed by atoms with E-state index >= 15 is 0 Å². The molecule has 27 heavy (non-hydrogen) atoms. The van der Waals surface area contributed by atoms with Crippen LogP contribution in [0.5, 0.6) is 0 Å². The monoisotopic (exact) mass is 375 g/mol. The average molecular weight is 375 g/mol. The van der Waals surface area contributed by atoms with Crippen LogP contribution >= 0.6 is 11.3 Å². The minimum Gasteiger partial charge on any atom is -0.445 e. The van der Waals surface area contributed by atoms with Gasteiger partial charge in [0.1, 0.15) is 4.88 Å². The lowest BCUT2D eigenvalue weighted by molar-refractivity contribution is 0.0285. The van der Waals surface area contributed by atoms with Gasteiger partial charge < -0.3 is 9.72 Å². The number of Topliss-reactive ketones (excluding diaryl/α,β-unsaturated/α-hetero) is 1. The molecular weight excluding hydrogens is 358 g/mol. The van der Waals surface area contributed by atoms with E-state index in [9.17, 15) is 9.59 Å². The number of rotatable bonds is 5. The zero-order chi connectivity index (χ0) is 18.8. The van der Waals surface area contributed by atoms with Gasteiger partial charge >= 0.3 is 5.97 Å². The molecule has 2 heterocycles. The Kier molecular flexibility index (Phi) is 4.60. The number of H-pyrrole nitrogens is 1. The predicted molar refractivity (Wildman–Crippen MR) is 106 cm³/mol. The summed E-state index contributed by atoms with van der Waals surface area (Å²) < 4.78 is 5.70. The maximum absolute atomic E-state index is 13.3. The number of nitrogens with one attached hydrogen (secondary N) is 1. The molecule has 4 nitrogen and oxygen atoms in total. The van der Waals surface area contributed by atoms with Crippen LogP contribution in [-0.2, 0) is 4.74 Å². The second-order valence-electron chi connectivity index (χ2n) is 6.24. The molecule has 1 atom stereocenters. The topological polar surface area (TPSA) is 59.2 Å². The number of ether oxygens (including phenoxy) is 1. The van der Waals surface area contributed by atoms with E-state index in [1.165, 1.54) is 11.3 Å². The van der Waals surface area contributed by atoms with Gasteiger partial charge in [0.05, 0.1) is 0 Å². The molecule has 0 saturated heterocycles. The van der Waals surface area contributed by atoms with Crippen LogP contribution in [0.15, 0.2) is 72.2 Å². The van der Waals surface area contributed by atoms with Crippen LogP contribution in [-0.4, -0.2) is 16.7 Å². The standard InChI is InChI=1S/C22H17NO3S/c1-14-11-12-27-21(14)22(25)26-20(15-7-3-2-4-8-15)19(24)17-13-23-18-10-6-5-9-16(17)18/h2-13,20,23H,1H3. The van der Waals surface area contributed by atoms with Crippen LogP contribution in [0.2, 0.25) is 0 Å². The minimum absolute atomic E-state index is 0.249. The predicted octanol–water partition coefficient (Wildman–Crippen LogP) is 5.32. The molecule has 0 spiro atoms. The molecule has 0 amide bonds. The van der Waals surface area contributed by atoms with Crippen molar-refractivity contribution in [3.05, 3.63) is 93.8 Å². The lowest BCUT2D eigenvalue weighted by atomic mass is 9.99. The number of carbonyl (C=O) groups is 2. The van der Waals surface area contributed by atoms with Crippen LogP contribution in [0.25, 0.3) is 10.9 Å². The molecule has 0 aliphatic rings. The Morgan fingerprint density at radius 1 is 1.00 bits per heavy atom. The minimum atomic E-state index is -1.00. The van der Waals surface area contributed by atoms with Crippen molar-refractivity contribution < 1.29 is 14.3 Å². The average Bonchev–Trinajstić information content (AvgIpc) is 3.32. The third kappa shape index (κ3) is 3.29. The fourth-order valence-corrected chi connectivity index (χ4v) is 3.87. The number of thiophene rings is 1. The summed E-state index contributed by atoms with van der Waals surface area (Å²) in [5.41, 5.74) is 2.87. The first kappa shape index (κ1) is 17.2. The van der Waals surface area contributed by atoms with Gasteiger partial charge in [-0.15, -0.1) is 11.3 Å². The van der Waals surface area contributed by atoms with Gasteiger partial charge in [-0.1, -0.05) is 48.5 Å². The molecule has 0 saturated carbocycles. The quantitative estimate of drug-likeness (QED) is 0.379. The summed E-state index contributed by atoms with van der Waals surface area (Å²) >= 11 is 1.31. The Hall–Kier alpha value is -3.18. The summed E-state index contributed by atoms with van der Waals surface area (Å²) in [5.74, 6) is -0.731. The van der Waals surface area contributed by atoms with Gasteiger partial charge in [0.25, 0.3) is 0 Å². The van der Waals surface area contributed by atoms with Gasteiger partial charge in [-0.2, -0.15) is 0 Å². The number of hydrogen-bond acceptors (Lipinski definition) is 4. The fraction of sp³-hybridized carbons (Fsp3) is 0.0909. The highest BCUT2D eigenvalue weighted by molar-refractivity contribution is 7.12. The number of ketones is 1. The summed E-state index contributed by atoms with van der Waals surface area (Å²) in [5, 5.41) is 2.65. The van der Waals surface area contributed by atoms with E-state index in [0.29, 0.717) is 16.0 Å². The van der Waals surface area contributed by atoms with Crippen LogP contribution in [0.1, 0.15) is 37.3 Å². The maximum Gasteiger partial charge on any atom is 0.349 e. The van der Waals surface area contributed by atoms with Crippen molar-refractivity contribution in [1.82, 2.24) is 4.98 Å². The highest BCUT2D eigenvalue weighted by atomic mass is 32.1. The van der Waals surface area contributed by atoms with Gasteiger partial charge in [-0.05, 0) is 30.0 Å². The van der Waals surface area contributed by atoms with E-state index < -0.39 is 12.1 Å². The van der Waals surface area contributed by atoms with Crippen LogP contribution < -0.4 is 0 Å². The highest BCUT2D eigenvalue weighted by Crippen LogP contribution is 2.29. The van der Waals surface area contributed by atoms with Crippen LogP contribution in [0.3, 0.4) is 0 Å². The molecular formula is C22H17NO3S. The molecule has 2 aromatic carbocycles. The number of carbonyl (C=O) groups excluding carboxylic acids is 2. The molecule has 4 aromatic rings. The number of aromatic nitrogens is 1. The normalized spacial score (nSPS) is 12.0. The number of fused-ring (bicyclic) bond motifs is 1. The van der Waals surface area contributed by atoms with Crippen molar-refractivity contribution in [2.45, 2.75) is 13.0 Å². The number of hydrogen-bond donors (Lipinski definition) is 1. The Morgan fingerprint density at radius 2 is 1.74 bits per heavy atom. The number of aryl methyl sites for hydroxylation is 1. The summed E-state index contributed by atoms with van der Waals surface area (Å²) in [7, 11) is 0. The van der Waals surface area contributed by atoms with E-state index in [-0.39, 0.29) is 5.78 Å². The Morgan fingerprint density at radius 3 is 2.48 bits per heavy atom.